The Kier molecular flexibility index (Phi) is 9.77. The summed E-state index contributed by atoms with van der Waals surface area (Å²) in [5, 5.41) is 0. The van der Waals surface area contributed by atoms with Crippen LogP contribution >= 0.6 is 0 Å². The van der Waals surface area contributed by atoms with E-state index in [9.17, 15) is 14.4 Å². The van der Waals surface area contributed by atoms with Gasteiger partial charge in [-0.15, -0.1) is 5.73 Å². The zero-order chi connectivity index (χ0) is 23.6. The molecule has 2 rings (SSSR count). The van der Waals surface area contributed by atoms with E-state index in [0.717, 1.165) is 49.7 Å². The van der Waals surface area contributed by atoms with Crippen LogP contribution in [-0.2, 0) is 28.6 Å². The second-order valence-electron chi connectivity index (χ2n) is 8.76. The van der Waals surface area contributed by atoms with Gasteiger partial charge in [-0.25, -0.2) is 0 Å². The second kappa shape index (κ2) is 12.1. The highest BCUT2D eigenvalue weighted by Gasteiger charge is 2.53. The minimum atomic E-state index is -1.55. The highest BCUT2D eigenvalue weighted by atomic mass is 16.6. The van der Waals surface area contributed by atoms with Gasteiger partial charge in [0.25, 0.3) is 0 Å². The summed E-state index contributed by atoms with van der Waals surface area (Å²) in [6, 6.07) is 0. The van der Waals surface area contributed by atoms with Crippen molar-refractivity contribution >= 4 is 17.9 Å². The van der Waals surface area contributed by atoms with Gasteiger partial charge in [0, 0.05) is 17.6 Å². The van der Waals surface area contributed by atoms with Gasteiger partial charge in [-0.1, -0.05) is 26.7 Å². The summed E-state index contributed by atoms with van der Waals surface area (Å²) < 4.78 is 16.2. The third-order valence-corrected chi connectivity index (χ3v) is 6.48. The second-order valence-corrected chi connectivity index (χ2v) is 8.76. The van der Waals surface area contributed by atoms with Gasteiger partial charge in [-0.05, 0) is 69.9 Å². The Bertz CT molecular complexity index is 762. The van der Waals surface area contributed by atoms with E-state index < -0.39 is 23.0 Å². The third kappa shape index (κ3) is 5.72. The lowest BCUT2D eigenvalue weighted by atomic mass is 9.67. The van der Waals surface area contributed by atoms with E-state index in [1.54, 1.807) is 6.08 Å². The average Bonchev–Trinajstić information content (AvgIpc) is 2.81. The molecule has 1 saturated carbocycles. The molecule has 0 unspecified atom stereocenters. The molecule has 178 valence electrons. The molecule has 6 nitrogen and oxygen atoms in total. The number of unbranched alkanes of at least 4 members (excludes halogenated alkanes) is 2. The topological polar surface area (TPSA) is 78.9 Å². The minimum absolute atomic E-state index is 0.235. The summed E-state index contributed by atoms with van der Waals surface area (Å²) in [6.45, 7) is 4.08. The molecule has 0 spiro atoms. The largest absolute Gasteiger partial charge is 0.468 e. The maximum absolute atomic E-state index is 12.8. The SMILES string of the molecule is CCCCC=C=C1CCC(C(=O)OC)(C(=O)OC)C=C1C1(OC(=O)CCC)CCCCC1. The van der Waals surface area contributed by atoms with E-state index in [4.69, 9.17) is 14.2 Å². The van der Waals surface area contributed by atoms with Crippen LogP contribution in [0.1, 0.15) is 90.9 Å². The summed E-state index contributed by atoms with van der Waals surface area (Å²) in [5.41, 5.74) is 2.62. The number of rotatable bonds is 9. The molecule has 0 radical (unpaired) electrons. The standard InChI is InChI=1S/C26H38O6/c1-5-7-8-10-14-20-15-18-25(23(28)30-3,24(29)31-4)19-21(20)26(16-11-9-12-17-26)32-22(27)13-6-2/h10,19H,5-9,11-13,15-18H2,1-4H3. The van der Waals surface area contributed by atoms with Gasteiger partial charge in [0.05, 0.1) is 14.2 Å². The molecule has 6 heteroatoms. The van der Waals surface area contributed by atoms with Crippen LogP contribution in [0.4, 0.5) is 0 Å². The summed E-state index contributed by atoms with van der Waals surface area (Å²) in [5.74, 6) is -1.56. The minimum Gasteiger partial charge on any atom is -0.468 e. The molecular weight excluding hydrogens is 408 g/mol. The molecular formula is C26H38O6. The number of hydrogen-bond acceptors (Lipinski definition) is 6. The van der Waals surface area contributed by atoms with Crippen molar-refractivity contribution in [2.75, 3.05) is 14.2 Å². The number of methoxy groups -OCH3 is 2. The van der Waals surface area contributed by atoms with E-state index in [1.165, 1.54) is 14.2 Å². The molecule has 0 saturated heterocycles. The van der Waals surface area contributed by atoms with Crippen molar-refractivity contribution < 1.29 is 28.6 Å². The number of hydrogen-bond donors (Lipinski definition) is 0. The Morgan fingerprint density at radius 3 is 2.22 bits per heavy atom. The first kappa shape index (κ1) is 25.9. The molecule has 0 N–H and O–H groups in total. The summed E-state index contributed by atoms with van der Waals surface area (Å²) in [7, 11) is 2.54. The Balaban J connectivity index is 2.67. The first-order valence-corrected chi connectivity index (χ1v) is 12.0. The Hall–Kier alpha value is -2.33. The highest BCUT2D eigenvalue weighted by molar-refractivity contribution is 6.03. The van der Waals surface area contributed by atoms with Gasteiger partial charge in [0.1, 0.15) is 5.60 Å². The van der Waals surface area contributed by atoms with Gasteiger partial charge in [-0.2, -0.15) is 0 Å². The molecule has 0 aliphatic heterocycles. The number of esters is 3. The first-order valence-electron chi connectivity index (χ1n) is 12.0. The molecule has 0 amide bonds. The van der Waals surface area contributed by atoms with Crippen LogP contribution in [0.25, 0.3) is 0 Å². The first-order chi connectivity index (χ1) is 15.4. The Morgan fingerprint density at radius 1 is 1.00 bits per heavy atom. The summed E-state index contributed by atoms with van der Waals surface area (Å²) in [4.78, 5) is 38.3. The smallest absolute Gasteiger partial charge is 0.327 e. The van der Waals surface area contributed by atoms with Gasteiger partial charge >= 0.3 is 17.9 Å². The van der Waals surface area contributed by atoms with Crippen molar-refractivity contribution in [2.45, 2.75) is 96.5 Å². The maximum Gasteiger partial charge on any atom is 0.327 e. The monoisotopic (exact) mass is 446 g/mol. The molecule has 0 atom stereocenters. The molecule has 2 aliphatic carbocycles. The van der Waals surface area contributed by atoms with Gasteiger partial charge in [0.2, 0.25) is 0 Å². The lowest BCUT2D eigenvalue weighted by Gasteiger charge is -2.43. The quantitative estimate of drug-likeness (QED) is 0.156. The van der Waals surface area contributed by atoms with Crippen molar-refractivity contribution in [3.8, 4) is 0 Å². The molecule has 1 fully saturated rings. The molecule has 0 aromatic rings. The Labute approximate surface area is 192 Å². The fraction of sp³-hybridized carbons (Fsp3) is 0.692. The molecule has 0 bridgehead atoms. The predicted octanol–water partition coefficient (Wildman–Crippen LogP) is 5.36. The van der Waals surface area contributed by atoms with E-state index in [0.29, 0.717) is 32.1 Å². The van der Waals surface area contributed by atoms with Crippen LogP contribution in [0, 0.1) is 5.41 Å². The molecule has 2 aliphatic rings. The van der Waals surface area contributed by atoms with Crippen LogP contribution in [0.5, 0.6) is 0 Å². The van der Waals surface area contributed by atoms with Crippen molar-refractivity contribution in [3.63, 3.8) is 0 Å². The average molecular weight is 447 g/mol. The zero-order valence-electron chi connectivity index (χ0n) is 20.1. The van der Waals surface area contributed by atoms with Crippen LogP contribution in [-0.4, -0.2) is 37.7 Å². The van der Waals surface area contributed by atoms with Crippen LogP contribution in [0.2, 0.25) is 0 Å². The molecule has 0 aromatic carbocycles. The van der Waals surface area contributed by atoms with Crippen molar-refractivity contribution in [3.05, 3.63) is 29.0 Å². The maximum atomic E-state index is 12.8. The van der Waals surface area contributed by atoms with E-state index >= 15 is 0 Å². The van der Waals surface area contributed by atoms with Crippen molar-refractivity contribution in [1.29, 1.82) is 0 Å². The summed E-state index contributed by atoms with van der Waals surface area (Å²) in [6.07, 6.45) is 12.6. The molecule has 32 heavy (non-hydrogen) atoms. The van der Waals surface area contributed by atoms with Crippen molar-refractivity contribution in [2.24, 2.45) is 5.41 Å². The number of ether oxygens (including phenoxy) is 3. The van der Waals surface area contributed by atoms with E-state index in [2.05, 4.69) is 12.7 Å². The van der Waals surface area contributed by atoms with Gasteiger partial charge < -0.3 is 14.2 Å². The van der Waals surface area contributed by atoms with Crippen LogP contribution in [0.15, 0.2) is 29.0 Å². The van der Waals surface area contributed by atoms with E-state index in [-0.39, 0.29) is 12.4 Å². The Morgan fingerprint density at radius 2 is 1.66 bits per heavy atom. The van der Waals surface area contributed by atoms with Crippen molar-refractivity contribution in [1.82, 2.24) is 0 Å². The number of carbonyl (C=O) groups excluding carboxylic acids is 3. The lowest BCUT2D eigenvalue weighted by molar-refractivity contribution is -0.166. The lowest BCUT2D eigenvalue weighted by Crippen LogP contribution is -2.46. The van der Waals surface area contributed by atoms with Gasteiger partial charge in [-0.3, -0.25) is 14.4 Å². The third-order valence-electron chi connectivity index (χ3n) is 6.48. The number of carbonyl (C=O) groups is 3. The molecule has 0 aromatic heterocycles. The normalized spacial score (nSPS) is 19.2. The van der Waals surface area contributed by atoms with E-state index in [1.807, 2.05) is 13.0 Å². The van der Waals surface area contributed by atoms with Gasteiger partial charge in [0.15, 0.2) is 5.41 Å². The molecule has 0 heterocycles. The fourth-order valence-corrected chi connectivity index (χ4v) is 4.71. The highest BCUT2D eigenvalue weighted by Crippen LogP contribution is 2.48. The summed E-state index contributed by atoms with van der Waals surface area (Å²) >= 11 is 0. The van der Waals surface area contributed by atoms with Crippen LogP contribution < -0.4 is 0 Å². The fourth-order valence-electron chi connectivity index (χ4n) is 4.71. The zero-order valence-corrected chi connectivity index (χ0v) is 20.1. The predicted molar refractivity (Wildman–Crippen MR) is 122 cm³/mol. The van der Waals surface area contributed by atoms with Crippen LogP contribution in [0.3, 0.4) is 0 Å².